The van der Waals surface area contributed by atoms with Crippen LogP contribution in [0.3, 0.4) is 0 Å². The summed E-state index contributed by atoms with van der Waals surface area (Å²) in [6.07, 6.45) is 3.04. The molecule has 0 unspecified atom stereocenters. The molecule has 2 rings (SSSR count). The molecule has 0 radical (unpaired) electrons. The minimum atomic E-state index is -0.302. The van der Waals surface area contributed by atoms with E-state index in [0.717, 1.165) is 5.39 Å². The van der Waals surface area contributed by atoms with Crippen LogP contribution < -0.4 is 0 Å². The van der Waals surface area contributed by atoms with Gasteiger partial charge in [-0.25, -0.2) is 4.99 Å². The highest BCUT2D eigenvalue weighted by Gasteiger charge is 2.11. The number of hydrogen-bond acceptors (Lipinski definition) is 2. The predicted octanol–water partition coefficient (Wildman–Crippen LogP) is 2.45. The van der Waals surface area contributed by atoms with Gasteiger partial charge in [-0.15, -0.1) is 0 Å². The zero-order chi connectivity index (χ0) is 10.8. The number of halogens is 1. The molecule has 2 aromatic rings. The number of fused-ring (bicyclic) bond motifs is 1. The van der Waals surface area contributed by atoms with E-state index < -0.39 is 0 Å². The predicted molar refractivity (Wildman–Crippen MR) is 59.6 cm³/mol. The zero-order valence-electron chi connectivity index (χ0n) is 7.99. The summed E-state index contributed by atoms with van der Waals surface area (Å²) in [6, 6.07) is 3.30. The second-order valence-corrected chi connectivity index (χ2v) is 3.35. The van der Waals surface area contributed by atoms with Gasteiger partial charge in [0, 0.05) is 11.6 Å². The van der Waals surface area contributed by atoms with Crippen molar-refractivity contribution >= 4 is 34.6 Å². The van der Waals surface area contributed by atoms with Crippen molar-refractivity contribution in [3.05, 3.63) is 28.9 Å². The smallest absolute Gasteiger partial charge is 0.277 e. The third-order valence-electron chi connectivity index (χ3n) is 2.04. The molecule has 1 aromatic heterocycles. The van der Waals surface area contributed by atoms with Crippen molar-refractivity contribution in [1.29, 1.82) is 0 Å². The van der Waals surface area contributed by atoms with Gasteiger partial charge >= 0.3 is 0 Å². The number of benzene rings is 1. The molecule has 76 valence electrons. The normalized spacial score (nSPS) is 11.3. The van der Waals surface area contributed by atoms with Crippen molar-refractivity contribution in [3.63, 3.8) is 0 Å². The Morgan fingerprint density at radius 1 is 1.60 bits per heavy atom. The largest absolute Gasteiger partial charge is 0.278 e. The quantitative estimate of drug-likeness (QED) is 0.752. The fourth-order valence-corrected chi connectivity index (χ4v) is 1.57. The summed E-state index contributed by atoms with van der Waals surface area (Å²) in [6.45, 7) is 1.69. The molecule has 1 N–H and O–H groups in total. The Morgan fingerprint density at radius 2 is 2.40 bits per heavy atom. The van der Waals surface area contributed by atoms with Crippen LogP contribution in [0.25, 0.3) is 10.9 Å². The molecule has 0 bridgehead atoms. The molecule has 0 spiro atoms. The van der Waals surface area contributed by atoms with Gasteiger partial charge in [-0.2, -0.15) is 5.10 Å². The summed E-state index contributed by atoms with van der Waals surface area (Å²) in [7, 11) is 0. The number of aromatic amines is 1. The Balaban J connectivity index is 2.67. The van der Waals surface area contributed by atoms with Crippen LogP contribution in [0.15, 0.2) is 23.3 Å². The summed E-state index contributed by atoms with van der Waals surface area (Å²) in [5.74, 6) is -0.302. The molecule has 4 nitrogen and oxygen atoms in total. The number of aromatic nitrogens is 2. The van der Waals surface area contributed by atoms with Crippen LogP contribution in [0.1, 0.15) is 17.3 Å². The number of rotatable bonds is 1. The van der Waals surface area contributed by atoms with Crippen molar-refractivity contribution in [2.24, 2.45) is 4.99 Å². The van der Waals surface area contributed by atoms with Crippen molar-refractivity contribution < 1.29 is 4.79 Å². The van der Waals surface area contributed by atoms with E-state index in [2.05, 4.69) is 15.2 Å². The van der Waals surface area contributed by atoms with Gasteiger partial charge in [0.05, 0.1) is 22.3 Å². The third kappa shape index (κ3) is 1.64. The first-order valence-corrected chi connectivity index (χ1v) is 4.76. The SMILES string of the molecule is CC=NC(=O)c1ccc(Cl)c2cn[nH]c12. The highest BCUT2D eigenvalue weighted by Crippen LogP contribution is 2.24. The first-order valence-electron chi connectivity index (χ1n) is 4.38. The van der Waals surface area contributed by atoms with Crippen LogP contribution in [0.4, 0.5) is 0 Å². The van der Waals surface area contributed by atoms with Crippen molar-refractivity contribution in [3.8, 4) is 0 Å². The number of carbonyl (C=O) groups excluding carboxylic acids is 1. The Bertz CT molecular complexity index is 545. The molecule has 0 saturated carbocycles. The van der Waals surface area contributed by atoms with E-state index in [0.29, 0.717) is 16.1 Å². The van der Waals surface area contributed by atoms with Crippen LogP contribution >= 0.6 is 11.6 Å². The third-order valence-corrected chi connectivity index (χ3v) is 2.37. The van der Waals surface area contributed by atoms with Gasteiger partial charge < -0.3 is 0 Å². The fraction of sp³-hybridized carbons (Fsp3) is 0.100. The maximum Gasteiger partial charge on any atom is 0.278 e. The van der Waals surface area contributed by atoms with E-state index in [1.165, 1.54) is 6.21 Å². The Labute approximate surface area is 91.0 Å². The van der Waals surface area contributed by atoms with Crippen molar-refractivity contribution in [2.45, 2.75) is 6.92 Å². The van der Waals surface area contributed by atoms with Gasteiger partial charge in [-0.05, 0) is 19.1 Å². The van der Waals surface area contributed by atoms with E-state index in [4.69, 9.17) is 11.6 Å². The molecule has 0 atom stereocenters. The number of amides is 1. The second kappa shape index (κ2) is 3.82. The monoisotopic (exact) mass is 221 g/mol. The van der Waals surface area contributed by atoms with Crippen LogP contribution in [0.2, 0.25) is 5.02 Å². The number of aliphatic imine (C=N–C) groups is 1. The summed E-state index contributed by atoms with van der Waals surface area (Å²) in [4.78, 5) is 15.3. The van der Waals surface area contributed by atoms with Crippen LogP contribution in [0.5, 0.6) is 0 Å². The van der Waals surface area contributed by atoms with E-state index >= 15 is 0 Å². The number of hydrogen-bond donors (Lipinski definition) is 1. The number of nitrogens with zero attached hydrogens (tertiary/aromatic N) is 2. The number of nitrogens with one attached hydrogen (secondary N) is 1. The maximum atomic E-state index is 11.6. The van der Waals surface area contributed by atoms with E-state index in [9.17, 15) is 4.79 Å². The molecule has 0 aliphatic rings. The lowest BCUT2D eigenvalue weighted by molar-refractivity contribution is 0.100. The molecule has 0 saturated heterocycles. The lowest BCUT2D eigenvalue weighted by Gasteiger charge is -1.98. The van der Waals surface area contributed by atoms with Gasteiger partial charge in [0.1, 0.15) is 0 Å². The summed E-state index contributed by atoms with van der Waals surface area (Å²) >= 11 is 5.94. The first-order chi connectivity index (χ1) is 7.24. The van der Waals surface area contributed by atoms with E-state index in [-0.39, 0.29) is 5.91 Å². The Kier molecular flexibility index (Phi) is 2.51. The van der Waals surface area contributed by atoms with E-state index in [1.54, 1.807) is 25.3 Å². The van der Waals surface area contributed by atoms with Crippen molar-refractivity contribution in [1.82, 2.24) is 10.2 Å². The topological polar surface area (TPSA) is 58.1 Å². The first kappa shape index (κ1) is 9.86. The number of carbonyl (C=O) groups is 1. The molecule has 0 fully saturated rings. The molecular formula is C10H8ClN3O. The van der Waals surface area contributed by atoms with Gasteiger partial charge in [0.2, 0.25) is 0 Å². The average Bonchev–Trinajstić information content (AvgIpc) is 2.68. The highest BCUT2D eigenvalue weighted by molar-refractivity contribution is 6.36. The lowest BCUT2D eigenvalue weighted by Crippen LogP contribution is -1.96. The Morgan fingerprint density at radius 3 is 3.13 bits per heavy atom. The maximum absolute atomic E-state index is 11.6. The molecular weight excluding hydrogens is 214 g/mol. The van der Waals surface area contributed by atoms with Crippen LogP contribution in [0, 0.1) is 0 Å². The van der Waals surface area contributed by atoms with Gasteiger partial charge in [-0.3, -0.25) is 9.89 Å². The standard InChI is InChI=1S/C10H8ClN3O/c1-2-12-10(15)6-3-4-8(11)7-5-13-14-9(6)7/h2-5H,1H3,(H,13,14). The molecule has 1 heterocycles. The molecule has 15 heavy (non-hydrogen) atoms. The van der Waals surface area contributed by atoms with Crippen molar-refractivity contribution in [2.75, 3.05) is 0 Å². The number of H-pyrrole nitrogens is 1. The molecule has 0 aliphatic carbocycles. The minimum Gasteiger partial charge on any atom is -0.277 e. The minimum absolute atomic E-state index is 0.302. The molecule has 1 aromatic carbocycles. The Hall–Kier alpha value is -1.68. The molecule has 0 aliphatic heterocycles. The van der Waals surface area contributed by atoms with E-state index in [1.807, 2.05) is 0 Å². The summed E-state index contributed by atoms with van der Waals surface area (Å²) in [5.41, 5.74) is 1.10. The van der Waals surface area contributed by atoms with Gasteiger partial charge in [0.15, 0.2) is 0 Å². The van der Waals surface area contributed by atoms with Crippen LogP contribution in [-0.2, 0) is 0 Å². The second-order valence-electron chi connectivity index (χ2n) is 2.95. The molecule has 5 heteroatoms. The average molecular weight is 222 g/mol. The molecule has 1 amide bonds. The highest BCUT2D eigenvalue weighted by atomic mass is 35.5. The van der Waals surface area contributed by atoms with Gasteiger partial charge in [0.25, 0.3) is 5.91 Å². The zero-order valence-corrected chi connectivity index (χ0v) is 8.75. The lowest BCUT2D eigenvalue weighted by atomic mass is 10.1. The summed E-state index contributed by atoms with van der Waals surface area (Å²) in [5, 5.41) is 7.89. The van der Waals surface area contributed by atoms with Crippen LogP contribution in [-0.4, -0.2) is 22.3 Å². The fourth-order valence-electron chi connectivity index (χ4n) is 1.37. The summed E-state index contributed by atoms with van der Waals surface area (Å²) < 4.78 is 0. The van der Waals surface area contributed by atoms with Gasteiger partial charge in [-0.1, -0.05) is 11.6 Å².